The molecule has 100 valence electrons. The molecule has 2 amide bonds. The van der Waals surface area contributed by atoms with E-state index in [2.05, 4.69) is 0 Å². The second-order valence-corrected chi connectivity index (χ2v) is 5.01. The molecule has 3 rings (SSSR count). The van der Waals surface area contributed by atoms with Crippen molar-refractivity contribution < 1.29 is 19.4 Å². The van der Waals surface area contributed by atoms with Gasteiger partial charge in [0.2, 0.25) is 11.8 Å². The van der Waals surface area contributed by atoms with Crippen molar-refractivity contribution in [1.29, 1.82) is 0 Å². The number of methoxy groups -OCH3 is 1. The van der Waals surface area contributed by atoms with E-state index < -0.39 is 0 Å². The molecule has 1 saturated heterocycles. The molecule has 0 bridgehead atoms. The van der Waals surface area contributed by atoms with Gasteiger partial charge in [0, 0.05) is 12.5 Å². The first kappa shape index (κ1) is 12.2. The Balaban J connectivity index is 1.71. The minimum atomic E-state index is -0.282. The van der Waals surface area contributed by atoms with Crippen molar-refractivity contribution in [2.45, 2.75) is 6.54 Å². The van der Waals surface area contributed by atoms with Crippen molar-refractivity contribution in [3.05, 3.63) is 29.8 Å². The van der Waals surface area contributed by atoms with Crippen LogP contribution in [0.4, 0.5) is 0 Å². The molecule has 1 aromatic carbocycles. The number of fused-ring (bicyclic) bond motifs is 1. The zero-order chi connectivity index (χ0) is 13.6. The molecule has 2 aliphatic rings. The number of nitrogens with zero attached hydrogens (tertiary/aromatic N) is 1. The normalized spacial score (nSPS) is 28.5. The van der Waals surface area contributed by atoms with Crippen molar-refractivity contribution in [2.24, 2.45) is 17.8 Å². The van der Waals surface area contributed by atoms with Crippen LogP contribution in [0, 0.1) is 17.8 Å². The Labute approximate surface area is 110 Å². The predicted molar refractivity (Wildman–Crippen MR) is 66.1 cm³/mol. The molecule has 2 fully saturated rings. The van der Waals surface area contributed by atoms with Crippen molar-refractivity contribution in [3.63, 3.8) is 0 Å². The summed E-state index contributed by atoms with van der Waals surface area (Å²) in [5, 5.41) is 9.04. The van der Waals surface area contributed by atoms with E-state index in [0.717, 1.165) is 11.3 Å². The molecule has 0 radical (unpaired) electrons. The Hall–Kier alpha value is -1.88. The molecule has 5 heteroatoms. The Morgan fingerprint density at radius 1 is 1.16 bits per heavy atom. The number of carbonyl (C=O) groups is 2. The van der Waals surface area contributed by atoms with Gasteiger partial charge in [0.25, 0.3) is 0 Å². The van der Waals surface area contributed by atoms with Crippen molar-refractivity contribution in [3.8, 4) is 5.75 Å². The Morgan fingerprint density at radius 3 is 2.21 bits per heavy atom. The first-order valence-corrected chi connectivity index (χ1v) is 6.26. The summed E-state index contributed by atoms with van der Waals surface area (Å²) in [5.41, 5.74) is 0.893. The fourth-order valence-electron chi connectivity index (χ4n) is 2.81. The van der Waals surface area contributed by atoms with Gasteiger partial charge in [-0.25, -0.2) is 0 Å². The number of amides is 2. The van der Waals surface area contributed by atoms with E-state index >= 15 is 0 Å². The largest absolute Gasteiger partial charge is 0.497 e. The van der Waals surface area contributed by atoms with Crippen LogP contribution in [0.3, 0.4) is 0 Å². The first-order valence-electron chi connectivity index (χ1n) is 6.26. The van der Waals surface area contributed by atoms with Crippen LogP contribution in [0.5, 0.6) is 5.75 Å². The smallest absolute Gasteiger partial charge is 0.233 e. The summed E-state index contributed by atoms with van der Waals surface area (Å²) < 4.78 is 5.06. The number of aliphatic hydroxyl groups excluding tert-OH is 1. The first-order chi connectivity index (χ1) is 9.17. The van der Waals surface area contributed by atoms with E-state index in [-0.39, 0.29) is 36.2 Å². The molecule has 2 atom stereocenters. The number of piperidine rings is 1. The summed E-state index contributed by atoms with van der Waals surface area (Å²) >= 11 is 0. The van der Waals surface area contributed by atoms with Crippen molar-refractivity contribution >= 4 is 11.8 Å². The highest BCUT2D eigenvalue weighted by Gasteiger charge is 2.66. The third kappa shape index (κ3) is 1.81. The number of rotatable bonds is 4. The van der Waals surface area contributed by atoms with Gasteiger partial charge in [-0.3, -0.25) is 14.5 Å². The minimum Gasteiger partial charge on any atom is -0.497 e. The number of carbonyl (C=O) groups excluding carboxylic acids is 2. The molecule has 1 aliphatic heterocycles. The zero-order valence-electron chi connectivity index (χ0n) is 10.6. The molecule has 1 N–H and O–H groups in total. The third-order valence-electron chi connectivity index (χ3n) is 3.98. The van der Waals surface area contributed by atoms with Gasteiger partial charge in [0.1, 0.15) is 5.75 Å². The highest BCUT2D eigenvalue weighted by atomic mass is 16.5. The van der Waals surface area contributed by atoms with Crippen LogP contribution in [0.1, 0.15) is 5.56 Å². The number of hydrogen-bond acceptors (Lipinski definition) is 4. The van der Waals surface area contributed by atoms with Crippen LogP contribution >= 0.6 is 0 Å². The number of imide groups is 1. The molecule has 1 aliphatic carbocycles. The molecule has 0 aromatic heterocycles. The van der Waals surface area contributed by atoms with E-state index in [9.17, 15) is 9.59 Å². The molecular weight excluding hydrogens is 246 g/mol. The number of ether oxygens (including phenoxy) is 1. The molecule has 5 nitrogen and oxygen atoms in total. The summed E-state index contributed by atoms with van der Waals surface area (Å²) in [5.74, 6) is -0.264. The topological polar surface area (TPSA) is 66.8 Å². The maximum absolute atomic E-state index is 12.0. The van der Waals surface area contributed by atoms with E-state index in [1.807, 2.05) is 12.1 Å². The Bertz CT molecular complexity index is 503. The van der Waals surface area contributed by atoms with E-state index in [1.165, 1.54) is 4.90 Å². The summed E-state index contributed by atoms with van der Waals surface area (Å²) in [7, 11) is 1.59. The number of aliphatic hydroxyl groups is 1. The van der Waals surface area contributed by atoms with Crippen molar-refractivity contribution in [1.82, 2.24) is 4.90 Å². The molecule has 2 unspecified atom stereocenters. The van der Waals surface area contributed by atoms with Gasteiger partial charge in [-0.2, -0.15) is 0 Å². The number of benzene rings is 1. The van der Waals surface area contributed by atoms with E-state index in [4.69, 9.17) is 9.84 Å². The third-order valence-corrected chi connectivity index (χ3v) is 3.98. The predicted octanol–water partition coefficient (Wildman–Crippen LogP) is 0.418. The second kappa shape index (κ2) is 4.35. The van der Waals surface area contributed by atoms with Crippen LogP contribution in [0.2, 0.25) is 0 Å². The summed E-state index contributed by atoms with van der Waals surface area (Å²) in [6.45, 7) is 0.218. The lowest BCUT2D eigenvalue weighted by molar-refractivity contribution is -0.143. The van der Waals surface area contributed by atoms with E-state index in [0.29, 0.717) is 6.54 Å². The van der Waals surface area contributed by atoms with Crippen LogP contribution in [0.25, 0.3) is 0 Å². The summed E-state index contributed by atoms with van der Waals surface area (Å²) in [6.07, 6.45) is 0. The molecule has 0 spiro atoms. The zero-order valence-corrected chi connectivity index (χ0v) is 10.6. The van der Waals surface area contributed by atoms with Gasteiger partial charge < -0.3 is 9.84 Å². The van der Waals surface area contributed by atoms with Gasteiger partial charge in [-0.05, 0) is 17.7 Å². The minimum absolute atomic E-state index is 0.0802. The lowest BCUT2D eigenvalue weighted by atomic mass is 10.2. The molecular formula is C14H15NO4. The van der Waals surface area contributed by atoms with Crippen LogP contribution in [-0.2, 0) is 16.1 Å². The fraction of sp³-hybridized carbons (Fsp3) is 0.429. The van der Waals surface area contributed by atoms with E-state index in [1.54, 1.807) is 19.2 Å². The van der Waals surface area contributed by atoms with Crippen LogP contribution in [0.15, 0.2) is 24.3 Å². The summed E-state index contributed by atoms with van der Waals surface area (Å²) in [6, 6.07) is 7.29. The highest BCUT2D eigenvalue weighted by molar-refractivity contribution is 6.09. The second-order valence-electron chi connectivity index (χ2n) is 5.01. The van der Waals surface area contributed by atoms with Crippen molar-refractivity contribution in [2.75, 3.05) is 13.7 Å². The fourth-order valence-corrected chi connectivity index (χ4v) is 2.81. The van der Waals surface area contributed by atoms with Gasteiger partial charge in [0.05, 0.1) is 25.5 Å². The average Bonchev–Trinajstić information content (AvgIpc) is 3.12. The summed E-state index contributed by atoms with van der Waals surface area (Å²) in [4.78, 5) is 25.3. The maximum Gasteiger partial charge on any atom is 0.233 e. The average molecular weight is 261 g/mol. The highest BCUT2D eigenvalue weighted by Crippen LogP contribution is 2.53. The number of hydrogen-bond donors (Lipinski definition) is 1. The lowest BCUT2D eigenvalue weighted by Crippen LogP contribution is -2.34. The van der Waals surface area contributed by atoms with Gasteiger partial charge in [-0.15, -0.1) is 0 Å². The SMILES string of the molecule is COc1ccc(CN2C(=O)C3C(CO)C3C2=O)cc1. The monoisotopic (exact) mass is 261 g/mol. The molecule has 1 heterocycles. The van der Waals surface area contributed by atoms with Crippen LogP contribution in [-0.4, -0.2) is 35.5 Å². The number of likely N-dealkylation sites (tertiary alicyclic amines) is 1. The molecule has 1 saturated carbocycles. The molecule has 19 heavy (non-hydrogen) atoms. The lowest BCUT2D eigenvalue weighted by Gasteiger charge is -2.18. The Kier molecular flexibility index (Phi) is 2.78. The van der Waals surface area contributed by atoms with Gasteiger partial charge >= 0.3 is 0 Å². The standard InChI is InChI=1S/C14H15NO4/c1-19-9-4-2-8(3-5-9)6-15-13(17)11-10(7-16)12(11)14(15)18/h2-5,10-12,16H,6-7H2,1H3. The van der Waals surface area contributed by atoms with Crippen LogP contribution < -0.4 is 4.74 Å². The van der Waals surface area contributed by atoms with Gasteiger partial charge in [0.15, 0.2) is 0 Å². The molecule has 1 aromatic rings. The Morgan fingerprint density at radius 2 is 1.74 bits per heavy atom. The van der Waals surface area contributed by atoms with Gasteiger partial charge in [-0.1, -0.05) is 12.1 Å². The maximum atomic E-state index is 12.0. The quantitative estimate of drug-likeness (QED) is 0.798.